The van der Waals surface area contributed by atoms with E-state index in [1.807, 2.05) is 14.1 Å². The van der Waals surface area contributed by atoms with E-state index in [0.29, 0.717) is 0 Å². The molecule has 1 rings (SSSR count). The molecule has 1 N–H and O–H groups in total. The topological polar surface area (TPSA) is 32.3 Å². The highest BCUT2D eigenvalue weighted by Gasteiger charge is 2.25. The van der Waals surface area contributed by atoms with Gasteiger partial charge in [-0.2, -0.15) is 0 Å². The van der Waals surface area contributed by atoms with Gasteiger partial charge in [-0.3, -0.25) is 4.79 Å². The van der Waals surface area contributed by atoms with Crippen LogP contribution in [0.1, 0.15) is 51.9 Å². The molecule has 0 bridgehead atoms. The number of carbonyl (C=O) groups excluding carboxylic acids is 1. The molecule has 0 unspecified atom stereocenters. The molecule has 0 aromatic rings. The van der Waals surface area contributed by atoms with Gasteiger partial charge in [-0.05, 0) is 45.7 Å². The molecular formula is C15H30N2O. The van der Waals surface area contributed by atoms with Crippen molar-refractivity contribution in [1.29, 1.82) is 0 Å². The van der Waals surface area contributed by atoms with Crippen LogP contribution in [-0.4, -0.2) is 38.0 Å². The summed E-state index contributed by atoms with van der Waals surface area (Å²) >= 11 is 0. The third kappa shape index (κ3) is 5.85. The Hall–Kier alpha value is -0.570. The normalized spacial score (nSPS) is 24.2. The van der Waals surface area contributed by atoms with Crippen molar-refractivity contribution in [1.82, 2.24) is 10.2 Å². The molecule has 1 saturated carbocycles. The lowest BCUT2D eigenvalue weighted by Gasteiger charge is -2.27. The van der Waals surface area contributed by atoms with Gasteiger partial charge in [0.15, 0.2) is 0 Å². The summed E-state index contributed by atoms with van der Waals surface area (Å²) in [5.41, 5.74) is 0. The van der Waals surface area contributed by atoms with Crippen molar-refractivity contribution in [3.05, 3.63) is 0 Å². The van der Waals surface area contributed by atoms with Crippen molar-refractivity contribution in [2.45, 2.75) is 51.9 Å². The second-order valence-corrected chi connectivity index (χ2v) is 5.95. The second kappa shape index (κ2) is 8.52. The number of carbonyl (C=O) groups is 1. The summed E-state index contributed by atoms with van der Waals surface area (Å²) in [6.07, 6.45) is 8.72. The average Bonchev–Trinajstić information content (AvgIpc) is 2.36. The number of likely N-dealkylation sites (N-methyl/N-ethyl adjacent to an activating group) is 1. The Morgan fingerprint density at radius 1 is 1.22 bits per heavy atom. The zero-order valence-electron chi connectivity index (χ0n) is 12.4. The lowest BCUT2D eigenvalue weighted by Crippen LogP contribution is -2.37. The van der Waals surface area contributed by atoms with Gasteiger partial charge < -0.3 is 10.2 Å². The summed E-state index contributed by atoms with van der Waals surface area (Å²) in [4.78, 5) is 14.1. The second-order valence-electron chi connectivity index (χ2n) is 5.95. The van der Waals surface area contributed by atoms with Crippen molar-refractivity contribution in [3.8, 4) is 0 Å². The van der Waals surface area contributed by atoms with E-state index in [-0.39, 0.29) is 11.8 Å². The van der Waals surface area contributed by atoms with Gasteiger partial charge in [0.25, 0.3) is 0 Å². The number of nitrogens with zero attached hydrogens (tertiary/aromatic N) is 1. The van der Waals surface area contributed by atoms with Crippen molar-refractivity contribution in [3.63, 3.8) is 0 Å². The summed E-state index contributed by atoms with van der Waals surface area (Å²) < 4.78 is 0. The first kappa shape index (κ1) is 15.5. The molecule has 0 heterocycles. The minimum Gasteiger partial charge on any atom is -0.355 e. The summed E-state index contributed by atoms with van der Waals surface area (Å²) in [6.45, 7) is 3.96. The number of hydrogen-bond donors (Lipinski definition) is 1. The predicted molar refractivity (Wildman–Crippen MR) is 76.5 cm³/mol. The van der Waals surface area contributed by atoms with Crippen LogP contribution in [0, 0.1) is 11.8 Å². The van der Waals surface area contributed by atoms with Crippen LogP contribution in [0.3, 0.4) is 0 Å². The Morgan fingerprint density at radius 2 is 1.89 bits per heavy atom. The van der Waals surface area contributed by atoms with Crippen molar-refractivity contribution < 1.29 is 4.79 Å². The number of unbranched alkanes of at least 4 members (excludes halogenated alkanes) is 1. The summed E-state index contributed by atoms with van der Waals surface area (Å²) in [6, 6.07) is 0. The fourth-order valence-corrected chi connectivity index (χ4v) is 2.75. The minimum absolute atomic E-state index is 0.282. The highest BCUT2D eigenvalue weighted by Crippen LogP contribution is 2.31. The molecular weight excluding hydrogens is 224 g/mol. The third-order valence-corrected chi connectivity index (χ3v) is 4.04. The van der Waals surface area contributed by atoms with Crippen molar-refractivity contribution in [2.75, 3.05) is 27.2 Å². The number of nitrogens with one attached hydrogen (secondary N) is 1. The van der Waals surface area contributed by atoms with Gasteiger partial charge in [0.05, 0.1) is 0 Å². The van der Waals surface area contributed by atoms with E-state index in [1.165, 1.54) is 32.1 Å². The van der Waals surface area contributed by atoms with Crippen molar-refractivity contribution >= 4 is 5.91 Å². The van der Waals surface area contributed by atoms with Gasteiger partial charge >= 0.3 is 0 Å². The first-order valence-electron chi connectivity index (χ1n) is 7.56. The minimum atomic E-state index is 0.282. The van der Waals surface area contributed by atoms with Crippen LogP contribution in [-0.2, 0) is 4.79 Å². The number of hydrogen-bond acceptors (Lipinski definition) is 2. The van der Waals surface area contributed by atoms with Gasteiger partial charge in [0.2, 0.25) is 5.91 Å². The number of rotatable bonds is 7. The molecule has 0 aromatic heterocycles. The summed E-state index contributed by atoms with van der Waals surface area (Å²) in [5, 5.41) is 3.06. The van der Waals surface area contributed by atoms with Crippen molar-refractivity contribution in [2.24, 2.45) is 11.8 Å². The first-order valence-corrected chi connectivity index (χ1v) is 7.56. The van der Waals surface area contributed by atoms with Crippen LogP contribution in [0.4, 0.5) is 0 Å². The standard InChI is InChI=1S/C15H30N2O/c1-4-5-6-13-7-9-14(10-8-13)15(18)16-11-12-17(2)3/h13-14H,4-12H2,1-3H3,(H,16,18). The molecule has 3 nitrogen and oxygen atoms in total. The third-order valence-electron chi connectivity index (χ3n) is 4.04. The summed E-state index contributed by atoms with van der Waals surface area (Å²) in [7, 11) is 4.07. The average molecular weight is 254 g/mol. The molecule has 18 heavy (non-hydrogen) atoms. The Labute approximate surface area is 112 Å². The monoisotopic (exact) mass is 254 g/mol. The Morgan fingerprint density at radius 3 is 2.44 bits per heavy atom. The highest BCUT2D eigenvalue weighted by atomic mass is 16.1. The summed E-state index contributed by atoms with van der Waals surface area (Å²) in [5.74, 6) is 1.45. The Kier molecular flexibility index (Phi) is 7.33. The predicted octanol–water partition coefficient (Wildman–Crippen LogP) is 2.66. The molecule has 0 aliphatic heterocycles. The maximum Gasteiger partial charge on any atom is 0.223 e. The fourth-order valence-electron chi connectivity index (χ4n) is 2.75. The lowest BCUT2D eigenvalue weighted by molar-refractivity contribution is -0.126. The zero-order chi connectivity index (χ0) is 13.4. The molecule has 0 saturated heterocycles. The molecule has 0 atom stereocenters. The van der Waals surface area contributed by atoms with E-state index >= 15 is 0 Å². The van der Waals surface area contributed by atoms with E-state index < -0.39 is 0 Å². The maximum atomic E-state index is 12.0. The van der Waals surface area contributed by atoms with Gasteiger partial charge in [-0.1, -0.05) is 26.2 Å². The van der Waals surface area contributed by atoms with Gasteiger partial charge in [-0.25, -0.2) is 0 Å². The van der Waals surface area contributed by atoms with Crippen LogP contribution in [0.15, 0.2) is 0 Å². The molecule has 3 heteroatoms. The molecule has 106 valence electrons. The largest absolute Gasteiger partial charge is 0.355 e. The molecule has 1 amide bonds. The molecule has 0 spiro atoms. The maximum absolute atomic E-state index is 12.0. The molecule has 1 aliphatic carbocycles. The number of amides is 1. The zero-order valence-corrected chi connectivity index (χ0v) is 12.4. The molecule has 0 radical (unpaired) electrons. The Bertz CT molecular complexity index is 233. The molecule has 1 fully saturated rings. The van der Waals surface area contributed by atoms with Crippen LogP contribution in [0.2, 0.25) is 0 Å². The fraction of sp³-hybridized carbons (Fsp3) is 0.933. The quantitative estimate of drug-likeness (QED) is 0.757. The van der Waals surface area contributed by atoms with E-state index in [9.17, 15) is 4.79 Å². The highest BCUT2D eigenvalue weighted by molar-refractivity contribution is 5.78. The van der Waals surface area contributed by atoms with Crippen LogP contribution in [0.25, 0.3) is 0 Å². The van der Waals surface area contributed by atoms with E-state index in [1.54, 1.807) is 0 Å². The SMILES string of the molecule is CCCCC1CCC(C(=O)NCCN(C)C)CC1. The smallest absolute Gasteiger partial charge is 0.223 e. The van der Waals surface area contributed by atoms with E-state index in [4.69, 9.17) is 0 Å². The molecule has 1 aliphatic rings. The van der Waals surface area contributed by atoms with Crippen LogP contribution < -0.4 is 5.32 Å². The first-order chi connectivity index (χ1) is 8.63. The van der Waals surface area contributed by atoms with Gasteiger partial charge in [-0.15, -0.1) is 0 Å². The Balaban J connectivity index is 2.15. The van der Waals surface area contributed by atoms with Gasteiger partial charge in [0, 0.05) is 19.0 Å². The van der Waals surface area contributed by atoms with E-state index in [0.717, 1.165) is 31.8 Å². The van der Waals surface area contributed by atoms with Gasteiger partial charge in [0.1, 0.15) is 0 Å². The lowest BCUT2D eigenvalue weighted by atomic mass is 9.79. The van der Waals surface area contributed by atoms with E-state index in [2.05, 4.69) is 17.1 Å². The molecule has 0 aromatic carbocycles. The van der Waals surface area contributed by atoms with Crippen LogP contribution in [0.5, 0.6) is 0 Å². The van der Waals surface area contributed by atoms with Crippen LogP contribution >= 0.6 is 0 Å².